The SMILES string of the molecule is CC#C[C@@H](CC(=O)O)c1ccc(OCc2ccc3ccn(Cc4ccccc4Cl)c3c2C)cc1. The summed E-state index contributed by atoms with van der Waals surface area (Å²) in [4.78, 5) is 11.1. The number of fused-ring (bicyclic) bond motifs is 1. The van der Waals surface area contributed by atoms with Gasteiger partial charge in [0.25, 0.3) is 0 Å². The maximum atomic E-state index is 11.1. The fraction of sp³-hybridized carbons (Fsp3) is 0.207. The van der Waals surface area contributed by atoms with Gasteiger partial charge in [-0.3, -0.25) is 4.79 Å². The average Bonchev–Trinajstić information content (AvgIpc) is 3.23. The summed E-state index contributed by atoms with van der Waals surface area (Å²) in [7, 11) is 0. The van der Waals surface area contributed by atoms with Gasteiger partial charge >= 0.3 is 5.97 Å². The van der Waals surface area contributed by atoms with E-state index in [1.165, 1.54) is 16.5 Å². The Morgan fingerprint density at radius 1 is 1.06 bits per heavy atom. The van der Waals surface area contributed by atoms with E-state index in [0.29, 0.717) is 13.2 Å². The molecular weight excluding hydrogens is 446 g/mol. The summed E-state index contributed by atoms with van der Waals surface area (Å²) >= 11 is 6.38. The van der Waals surface area contributed by atoms with Gasteiger partial charge in [0.2, 0.25) is 0 Å². The second-order valence-corrected chi connectivity index (χ2v) is 8.63. The van der Waals surface area contributed by atoms with Crippen LogP contribution in [0.4, 0.5) is 0 Å². The van der Waals surface area contributed by atoms with E-state index in [2.05, 4.69) is 47.7 Å². The Hall–Kier alpha value is -3.68. The molecule has 0 aliphatic carbocycles. The minimum absolute atomic E-state index is 0.0197. The van der Waals surface area contributed by atoms with Crippen molar-refractivity contribution in [2.24, 2.45) is 0 Å². The monoisotopic (exact) mass is 471 g/mol. The Morgan fingerprint density at radius 2 is 1.82 bits per heavy atom. The predicted molar refractivity (Wildman–Crippen MR) is 136 cm³/mol. The molecule has 0 aliphatic rings. The molecule has 5 heteroatoms. The predicted octanol–water partition coefficient (Wildman–Crippen LogP) is 6.81. The summed E-state index contributed by atoms with van der Waals surface area (Å²) in [5.41, 5.74) is 5.41. The first-order chi connectivity index (χ1) is 16.5. The molecule has 0 saturated heterocycles. The van der Waals surface area contributed by atoms with Gasteiger partial charge in [0, 0.05) is 17.8 Å². The molecule has 0 amide bonds. The van der Waals surface area contributed by atoms with E-state index in [9.17, 15) is 4.79 Å². The highest BCUT2D eigenvalue weighted by Crippen LogP contribution is 2.27. The zero-order chi connectivity index (χ0) is 24.1. The third kappa shape index (κ3) is 5.27. The van der Waals surface area contributed by atoms with Crippen LogP contribution < -0.4 is 4.74 Å². The molecule has 0 spiro atoms. The maximum Gasteiger partial charge on any atom is 0.304 e. The summed E-state index contributed by atoms with van der Waals surface area (Å²) < 4.78 is 8.29. The number of carboxylic acid groups (broad SMARTS) is 1. The number of nitrogens with zero attached hydrogens (tertiary/aromatic N) is 1. The van der Waals surface area contributed by atoms with Crippen LogP contribution in [0.2, 0.25) is 5.02 Å². The third-order valence-corrected chi connectivity index (χ3v) is 6.34. The lowest BCUT2D eigenvalue weighted by Crippen LogP contribution is -2.05. The summed E-state index contributed by atoms with van der Waals surface area (Å²) in [6.45, 7) is 4.98. The Kier molecular flexibility index (Phi) is 7.25. The molecule has 0 radical (unpaired) electrons. The molecule has 4 rings (SSSR count). The van der Waals surface area contributed by atoms with Gasteiger partial charge in [0.15, 0.2) is 0 Å². The zero-order valence-electron chi connectivity index (χ0n) is 19.2. The summed E-state index contributed by atoms with van der Waals surface area (Å²) in [6.07, 6.45) is 2.07. The first-order valence-electron chi connectivity index (χ1n) is 11.1. The van der Waals surface area contributed by atoms with E-state index in [-0.39, 0.29) is 12.3 Å². The summed E-state index contributed by atoms with van der Waals surface area (Å²) in [5.74, 6) is 5.33. The zero-order valence-corrected chi connectivity index (χ0v) is 20.0. The maximum absolute atomic E-state index is 11.1. The average molecular weight is 472 g/mol. The van der Waals surface area contributed by atoms with Crippen LogP contribution in [0.1, 0.15) is 41.5 Å². The highest BCUT2D eigenvalue weighted by molar-refractivity contribution is 6.31. The van der Waals surface area contributed by atoms with Crippen molar-refractivity contribution in [3.05, 3.63) is 100 Å². The Balaban J connectivity index is 1.51. The first kappa shape index (κ1) is 23.5. The van der Waals surface area contributed by atoms with Crippen LogP contribution in [-0.4, -0.2) is 15.6 Å². The minimum atomic E-state index is -0.863. The van der Waals surface area contributed by atoms with Crippen LogP contribution in [0.5, 0.6) is 5.75 Å². The number of carbonyl (C=O) groups is 1. The number of hydrogen-bond acceptors (Lipinski definition) is 2. The number of hydrogen-bond donors (Lipinski definition) is 1. The van der Waals surface area contributed by atoms with Gasteiger partial charge in [-0.25, -0.2) is 0 Å². The van der Waals surface area contributed by atoms with Crippen LogP contribution in [0.25, 0.3) is 10.9 Å². The molecule has 34 heavy (non-hydrogen) atoms. The Bertz CT molecular complexity index is 1380. The molecule has 1 aromatic heterocycles. The first-order valence-corrected chi connectivity index (χ1v) is 11.5. The van der Waals surface area contributed by atoms with Crippen LogP contribution >= 0.6 is 11.6 Å². The van der Waals surface area contributed by atoms with Gasteiger partial charge < -0.3 is 14.4 Å². The van der Waals surface area contributed by atoms with E-state index >= 15 is 0 Å². The van der Waals surface area contributed by atoms with Crippen molar-refractivity contribution < 1.29 is 14.6 Å². The second-order valence-electron chi connectivity index (χ2n) is 8.23. The van der Waals surface area contributed by atoms with Crippen molar-refractivity contribution >= 4 is 28.5 Å². The van der Waals surface area contributed by atoms with Crippen molar-refractivity contribution in [3.63, 3.8) is 0 Å². The largest absolute Gasteiger partial charge is 0.489 e. The molecule has 1 heterocycles. The second kappa shape index (κ2) is 10.5. The number of carboxylic acids is 1. The van der Waals surface area contributed by atoms with Gasteiger partial charge in [0.1, 0.15) is 12.4 Å². The molecular formula is C29H26ClNO3. The molecule has 172 valence electrons. The van der Waals surface area contributed by atoms with Crippen molar-refractivity contribution in [2.45, 2.75) is 39.3 Å². The quantitative estimate of drug-likeness (QED) is 0.287. The lowest BCUT2D eigenvalue weighted by Gasteiger charge is -2.14. The Labute approximate surface area is 204 Å². The lowest BCUT2D eigenvalue weighted by molar-refractivity contribution is -0.137. The van der Waals surface area contributed by atoms with Crippen LogP contribution in [0.3, 0.4) is 0 Å². The fourth-order valence-corrected chi connectivity index (χ4v) is 4.38. The normalized spacial score (nSPS) is 11.6. The van der Waals surface area contributed by atoms with Gasteiger partial charge in [-0.15, -0.1) is 5.92 Å². The molecule has 0 aliphatic heterocycles. The molecule has 3 aromatic carbocycles. The lowest BCUT2D eigenvalue weighted by atomic mass is 9.96. The molecule has 4 nitrogen and oxygen atoms in total. The highest BCUT2D eigenvalue weighted by Gasteiger charge is 2.14. The standard InChI is InChI=1S/C29H26ClNO3/c1-3-6-23(17-28(32)33)21-11-13-26(14-12-21)34-19-25-10-9-22-15-16-31(29(22)20(25)2)18-24-7-4-5-8-27(24)30/h4-5,7-16,23H,17-19H2,1-2H3,(H,32,33)/t23-/m0/s1. The highest BCUT2D eigenvalue weighted by atomic mass is 35.5. The smallest absolute Gasteiger partial charge is 0.304 e. The van der Waals surface area contributed by atoms with Crippen LogP contribution in [0, 0.1) is 18.8 Å². The van der Waals surface area contributed by atoms with Gasteiger partial charge in [-0.2, -0.15) is 0 Å². The van der Waals surface area contributed by atoms with E-state index in [1.807, 2.05) is 48.5 Å². The molecule has 0 fully saturated rings. The van der Waals surface area contributed by atoms with Crippen LogP contribution in [0.15, 0.2) is 72.9 Å². The molecule has 1 atom stereocenters. The third-order valence-electron chi connectivity index (χ3n) is 5.97. The fourth-order valence-electron chi connectivity index (χ4n) is 4.18. The van der Waals surface area contributed by atoms with E-state index in [4.69, 9.17) is 21.4 Å². The van der Waals surface area contributed by atoms with E-state index < -0.39 is 5.97 Å². The van der Waals surface area contributed by atoms with Gasteiger partial charge in [-0.05, 0) is 65.8 Å². The molecule has 4 aromatic rings. The number of aromatic nitrogens is 1. The van der Waals surface area contributed by atoms with Crippen LogP contribution in [-0.2, 0) is 17.9 Å². The van der Waals surface area contributed by atoms with Crippen molar-refractivity contribution in [1.82, 2.24) is 4.57 Å². The van der Waals surface area contributed by atoms with Crippen molar-refractivity contribution in [3.8, 4) is 17.6 Å². The number of aliphatic carboxylic acids is 1. The van der Waals surface area contributed by atoms with Crippen molar-refractivity contribution in [2.75, 3.05) is 0 Å². The molecule has 0 unspecified atom stereocenters. The topological polar surface area (TPSA) is 51.5 Å². The number of benzene rings is 3. The minimum Gasteiger partial charge on any atom is -0.489 e. The molecule has 0 bridgehead atoms. The number of rotatable bonds is 8. The molecule has 0 saturated carbocycles. The number of ether oxygens (including phenoxy) is 1. The Morgan fingerprint density at radius 3 is 2.53 bits per heavy atom. The molecule has 1 N–H and O–H groups in total. The summed E-state index contributed by atoms with van der Waals surface area (Å²) in [6, 6.07) is 21.8. The van der Waals surface area contributed by atoms with Gasteiger partial charge in [-0.1, -0.05) is 60.0 Å². The summed E-state index contributed by atoms with van der Waals surface area (Å²) in [5, 5.41) is 11.1. The number of aryl methyl sites for hydroxylation is 1. The van der Waals surface area contributed by atoms with E-state index in [1.54, 1.807) is 6.92 Å². The van der Waals surface area contributed by atoms with Gasteiger partial charge in [0.05, 0.1) is 17.9 Å². The number of halogens is 1. The van der Waals surface area contributed by atoms with Crippen molar-refractivity contribution in [1.29, 1.82) is 0 Å². The van der Waals surface area contributed by atoms with E-state index in [0.717, 1.165) is 27.5 Å².